The highest BCUT2D eigenvalue weighted by Gasteiger charge is 2.28. The second-order valence-electron chi connectivity index (χ2n) is 9.29. The first-order chi connectivity index (χ1) is 17.4. The van der Waals surface area contributed by atoms with Gasteiger partial charge in [-0.05, 0) is 68.0 Å². The zero-order chi connectivity index (χ0) is 25.8. The summed E-state index contributed by atoms with van der Waals surface area (Å²) in [6.07, 6.45) is 11.5. The molecule has 1 aliphatic rings. The van der Waals surface area contributed by atoms with Gasteiger partial charge in [-0.1, -0.05) is 44.4 Å². The van der Waals surface area contributed by atoms with E-state index in [2.05, 4.69) is 6.92 Å². The summed E-state index contributed by atoms with van der Waals surface area (Å²) in [5.41, 5.74) is 14.1. The van der Waals surface area contributed by atoms with Crippen LogP contribution in [0.3, 0.4) is 0 Å². The van der Waals surface area contributed by atoms with Gasteiger partial charge < -0.3 is 25.7 Å². The molecular formula is C29H38N2O5. The van der Waals surface area contributed by atoms with E-state index in [4.69, 9.17) is 25.7 Å². The largest absolute Gasteiger partial charge is 0.458 e. The molecule has 0 unspecified atom stereocenters. The molecule has 0 spiro atoms. The Kier molecular flexibility index (Phi) is 10.8. The second-order valence-corrected chi connectivity index (χ2v) is 9.29. The van der Waals surface area contributed by atoms with E-state index in [0.29, 0.717) is 22.7 Å². The number of carbonyl (C=O) groups is 2. The van der Waals surface area contributed by atoms with E-state index < -0.39 is 5.97 Å². The Morgan fingerprint density at radius 1 is 0.972 bits per heavy atom. The van der Waals surface area contributed by atoms with Crippen molar-refractivity contribution in [3.8, 4) is 5.75 Å². The van der Waals surface area contributed by atoms with E-state index in [1.807, 2.05) is 0 Å². The minimum absolute atomic E-state index is 0.0666. The van der Waals surface area contributed by atoms with E-state index in [1.165, 1.54) is 25.3 Å². The molecule has 0 aliphatic heterocycles. The van der Waals surface area contributed by atoms with Gasteiger partial charge in [-0.15, -0.1) is 0 Å². The lowest BCUT2D eigenvalue weighted by atomic mass is 9.87. The van der Waals surface area contributed by atoms with Crippen LogP contribution in [0.25, 0.3) is 6.08 Å². The van der Waals surface area contributed by atoms with Crippen LogP contribution in [0.1, 0.15) is 69.4 Å². The van der Waals surface area contributed by atoms with E-state index in [-0.39, 0.29) is 24.6 Å². The molecule has 3 rings (SSSR count). The molecule has 7 nitrogen and oxygen atoms in total. The van der Waals surface area contributed by atoms with Crippen molar-refractivity contribution in [2.45, 2.75) is 71.0 Å². The molecule has 2 aromatic rings. The molecule has 0 atom stereocenters. The van der Waals surface area contributed by atoms with E-state index in [9.17, 15) is 9.59 Å². The van der Waals surface area contributed by atoms with Gasteiger partial charge >= 0.3 is 11.9 Å². The molecule has 7 heteroatoms. The third-order valence-corrected chi connectivity index (χ3v) is 6.41. The van der Waals surface area contributed by atoms with Crippen LogP contribution >= 0.6 is 0 Å². The van der Waals surface area contributed by atoms with Gasteiger partial charge in [0.2, 0.25) is 0 Å². The van der Waals surface area contributed by atoms with Crippen molar-refractivity contribution in [1.82, 2.24) is 0 Å². The number of rotatable bonds is 12. The van der Waals surface area contributed by atoms with Crippen LogP contribution < -0.4 is 16.2 Å². The minimum atomic E-state index is -0.484. The summed E-state index contributed by atoms with van der Waals surface area (Å²) in [6, 6.07) is 12.1. The Morgan fingerprint density at radius 2 is 1.72 bits per heavy atom. The molecule has 1 fully saturated rings. The fraction of sp³-hybridized carbons (Fsp3) is 0.448. The Hall–Kier alpha value is -3.32. The molecule has 2 aromatic carbocycles. The molecule has 0 saturated heterocycles. The van der Waals surface area contributed by atoms with Gasteiger partial charge in [-0.25, -0.2) is 4.79 Å². The molecule has 4 N–H and O–H groups in total. The summed E-state index contributed by atoms with van der Waals surface area (Å²) in [5, 5.41) is 0. The lowest BCUT2D eigenvalue weighted by Crippen LogP contribution is -2.29. The van der Waals surface area contributed by atoms with Crippen molar-refractivity contribution in [3.63, 3.8) is 0 Å². The number of carbonyl (C=O) groups excluding carboxylic acids is 2. The van der Waals surface area contributed by atoms with Crippen molar-refractivity contribution in [3.05, 3.63) is 59.7 Å². The molecule has 0 bridgehead atoms. The van der Waals surface area contributed by atoms with Gasteiger partial charge in [0, 0.05) is 29.6 Å². The summed E-state index contributed by atoms with van der Waals surface area (Å²) in [7, 11) is 0. The van der Waals surface area contributed by atoms with Gasteiger partial charge in [0.05, 0.1) is 12.0 Å². The standard InChI is InChI=1S/C29H38N2O5/c1-2-3-4-5-18-34-25-15-10-22(11-16-25)29(33)36-26-13-6-21(7-14-26)8-17-28(32)35-20-23-9-12-24(30)19-27(23)31/h6-9,12-14,17,19,22,25H,2-5,10-11,15-16,18,20,30-31H2,1H3/b17-8+. The van der Waals surface area contributed by atoms with Gasteiger partial charge in [-0.3, -0.25) is 4.79 Å². The Balaban J connectivity index is 1.37. The molecule has 0 amide bonds. The molecule has 0 aromatic heterocycles. The zero-order valence-electron chi connectivity index (χ0n) is 21.1. The first-order valence-electron chi connectivity index (χ1n) is 12.9. The summed E-state index contributed by atoms with van der Waals surface area (Å²) in [5.74, 6) is -0.269. The number of hydrogen-bond acceptors (Lipinski definition) is 7. The molecule has 0 heterocycles. The number of nitrogen functional groups attached to an aromatic ring is 2. The average Bonchev–Trinajstić information content (AvgIpc) is 2.88. The maximum atomic E-state index is 12.6. The minimum Gasteiger partial charge on any atom is -0.458 e. The summed E-state index contributed by atoms with van der Waals surface area (Å²) in [4.78, 5) is 24.6. The molecule has 194 valence electrons. The van der Waals surface area contributed by atoms with E-state index >= 15 is 0 Å². The van der Waals surface area contributed by atoms with Gasteiger partial charge in [0.25, 0.3) is 0 Å². The van der Waals surface area contributed by atoms with Crippen LogP contribution in [0.15, 0.2) is 48.5 Å². The first-order valence-corrected chi connectivity index (χ1v) is 12.9. The maximum Gasteiger partial charge on any atom is 0.331 e. The zero-order valence-corrected chi connectivity index (χ0v) is 21.1. The number of nitrogens with two attached hydrogens (primary N) is 2. The third kappa shape index (κ3) is 9.04. The lowest BCUT2D eigenvalue weighted by molar-refractivity contribution is -0.141. The number of hydrogen-bond donors (Lipinski definition) is 2. The first kappa shape index (κ1) is 27.3. The van der Waals surface area contributed by atoms with Crippen LogP contribution in [-0.4, -0.2) is 24.6 Å². The monoisotopic (exact) mass is 494 g/mol. The van der Waals surface area contributed by atoms with Gasteiger partial charge in [0.15, 0.2) is 0 Å². The van der Waals surface area contributed by atoms with Crippen LogP contribution in [-0.2, 0) is 25.7 Å². The van der Waals surface area contributed by atoms with E-state index in [1.54, 1.807) is 48.5 Å². The average molecular weight is 495 g/mol. The number of ether oxygens (including phenoxy) is 3. The van der Waals surface area contributed by atoms with E-state index in [0.717, 1.165) is 44.3 Å². The topological polar surface area (TPSA) is 114 Å². The Morgan fingerprint density at radius 3 is 2.42 bits per heavy atom. The quantitative estimate of drug-likeness (QED) is 0.128. The van der Waals surface area contributed by atoms with Crippen LogP contribution in [0.2, 0.25) is 0 Å². The number of unbranched alkanes of at least 4 members (excludes halogenated alkanes) is 3. The van der Waals surface area contributed by atoms with Crippen molar-refractivity contribution in [2.24, 2.45) is 5.92 Å². The molecule has 1 saturated carbocycles. The molecular weight excluding hydrogens is 456 g/mol. The molecule has 0 radical (unpaired) electrons. The van der Waals surface area contributed by atoms with Gasteiger partial charge in [-0.2, -0.15) is 0 Å². The van der Waals surface area contributed by atoms with Crippen molar-refractivity contribution in [1.29, 1.82) is 0 Å². The lowest BCUT2D eigenvalue weighted by Gasteiger charge is -2.27. The van der Waals surface area contributed by atoms with Crippen LogP contribution in [0, 0.1) is 5.92 Å². The third-order valence-electron chi connectivity index (χ3n) is 6.41. The highest BCUT2D eigenvalue weighted by Crippen LogP contribution is 2.28. The van der Waals surface area contributed by atoms with Crippen molar-refractivity contribution < 1.29 is 23.8 Å². The van der Waals surface area contributed by atoms with Crippen molar-refractivity contribution in [2.75, 3.05) is 18.1 Å². The smallest absolute Gasteiger partial charge is 0.331 e. The Labute approximate surface area is 213 Å². The number of esters is 2. The number of anilines is 2. The SMILES string of the molecule is CCCCCCOC1CCC(C(=O)Oc2ccc(/C=C/C(=O)OCc3ccc(N)cc3N)cc2)CC1. The number of benzene rings is 2. The van der Waals surface area contributed by atoms with Gasteiger partial charge in [0.1, 0.15) is 12.4 Å². The fourth-order valence-electron chi connectivity index (χ4n) is 4.20. The van der Waals surface area contributed by atoms with Crippen LogP contribution in [0.4, 0.5) is 11.4 Å². The highest BCUT2D eigenvalue weighted by molar-refractivity contribution is 5.87. The normalized spacial score (nSPS) is 17.7. The maximum absolute atomic E-state index is 12.6. The predicted octanol–water partition coefficient (Wildman–Crippen LogP) is 5.67. The molecule has 1 aliphatic carbocycles. The predicted molar refractivity (Wildman–Crippen MR) is 142 cm³/mol. The summed E-state index contributed by atoms with van der Waals surface area (Å²) < 4.78 is 16.8. The highest BCUT2D eigenvalue weighted by atomic mass is 16.5. The molecule has 36 heavy (non-hydrogen) atoms. The van der Waals surface area contributed by atoms with Crippen LogP contribution in [0.5, 0.6) is 5.75 Å². The summed E-state index contributed by atoms with van der Waals surface area (Å²) >= 11 is 0. The summed E-state index contributed by atoms with van der Waals surface area (Å²) in [6.45, 7) is 3.08. The second kappa shape index (κ2) is 14.3. The van der Waals surface area contributed by atoms with Crippen molar-refractivity contribution >= 4 is 29.4 Å². The fourth-order valence-corrected chi connectivity index (χ4v) is 4.20. The Bertz CT molecular complexity index is 1010.